The summed E-state index contributed by atoms with van der Waals surface area (Å²) in [6.07, 6.45) is 0. The van der Waals surface area contributed by atoms with E-state index in [0.29, 0.717) is 72.8 Å². The van der Waals surface area contributed by atoms with Gasteiger partial charge in [-0.3, -0.25) is 0 Å². The van der Waals surface area contributed by atoms with Gasteiger partial charge in [0.25, 0.3) is 0 Å². The molecule has 0 unspecified atom stereocenters. The topological polar surface area (TPSA) is 115 Å². The molecule has 10 heterocycles. The maximum atomic E-state index is 17.0. The third kappa shape index (κ3) is 9.66. The number of halogens is 30. The number of nitrogens with one attached hydrogen (secondary N) is 4. The van der Waals surface area contributed by atoms with Crippen molar-refractivity contribution >= 4 is 110 Å². The van der Waals surface area contributed by atoms with E-state index in [2.05, 4.69) is 39.9 Å². The van der Waals surface area contributed by atoms with Crippen LogP contribution in [0.4, 0.5) is 132 Å². The molecule has 4 N–H and O–H groups in total. The molecule has 10 aromatic heterocycles. The second-order valence-corrected chi connectivity index (χ2v) is 24.7. The Kier molecular flexibility index (Phi) is 15.7. The van der Waals surface area contributed by atoms with Gasteiger partial charge in [-0.2, -0.15) is 0 Å². The van der Waals surface area contributed by atoms with Crippen LogP contribution in [0.2, 0.25) is 0 Å². The number of H-pyrrole nitrogens is 4. The third-order valence-corrected chi connectivity index (χ3v) is 18.8. The molecule has 0 amide bonds. The first-order valence-electron chi connectivity index (χ1n) is 30.9. The summed E-state index contributed by atoms with van der Waals surface area (Å²) in [6.45, 7) is 0. The minimum Gasteiger partial charge on any atom is -0.354 e. The van der Waals surface area contributed by atoms with Gasteiger partial charge in [0.05, 0.1) is 77.5 Å². The van der Waals surface area contributed by atoms with E-state index in [1.807, 2.05) is 0 Å². The van der Waals surface area contributed by atoms with E-state index in [4.69, 9.17) is 0 Å². The van der Waals surface area contributed by atoms with Crippen LogP contribution in [0.1, 0.15) is 0 Å². The van der Waals surface area contributed by atoms with Crippen molar-refractivity contribution in [3.8, 4) is 66.8 Å². The van der Waals surface area contributed by atoms with Gasteiger partial charge in [-0.15, -0.1) is 0 Å². The van der Waals surface area contributed by atoms with Gasteiger partial charge in [-0.05, 0) is 72.8 Å². The van der Waals surface area contributed by atoms with Crippen molar-refractivity contribution in [3.05, 3.63) is 247 Å². The maximum absolute atomic E-state index is 17.0. The molecule has 0 aliphatic carbocycles. The Balaban J connectivity index is 1.22. The lowest BCUT2D eigenvalue weighted by Crippen LogP contribution is -2.05. The van der Waals surface area contributed by atoms with Crippen LogP contribution in [0.15, 0.2) is 72.8 Å². The van der Waals surface area contributed by atoms with E-state index >= 15 is 123 Å². The summed E-state index contributed by atoms with van der Waals surface area (Å²) in [5, 5.41) is -3.76. The van der Waals surface area contributed by atoms with Crippen LogP contribution in [0, 0.1) is 175 Å². The zero-order chi connectivity index (χ0) is 79.9. The smallest absolute Gasteiger partial charge is 0.200 e. The molecule has 17 rings (SSSR count). The number of aromatic amines is 4. The Morgan fingerprint density at radius 2 is 0.259 bits per heavy atom. The lowest BCUT2D eigenvalue weighted by atomic mass is 10.0. The fourth-order valence-electron chi connectivity index (χ4n) is 13.9. The standard InChI is InChI=1S/C74H16F30N8/c75-41-35(42(76)54(88)65(99)53(41)87)29-17-1-5-21(105-17)31(37-45(79)57(91)67(101)58(92)46(37)80)25-9-13-14-10-27-33(39-49(83)61(95)69(103)62(96)50(39)84)23-7-3-19(107-23)30(36-43(77)55(89)66(100)56(90)44(36)78)20-4-8-24(108-20)34(40-51(85)63(97)70(104)64(98)52(40)86)28-12-16(74(112-28)73(14)111-27)15-11-26(110-72(15)71(13)109-25)32(22-6-2-18(29)106-22)38-47(81)59(93)68(102)60(94)48(38)82/h1-12,105-108H. The summed E-state index contributed by atoms with van der Waals surface area (Å²) in [7, 11) is 0. The summed E-state index contributed by atoms with van der Waals surface area (Å²) in [4.78, 5) is 26.9. The van der Waals surface area contributed by atoms with Crippen LogP contribution >= 0.6 is 0 Å². The fourth-order valence-corrected chi connectivity index (χ4v) is 13.9. The Bertz CT molecular complexity index is 6440. The van der Waals surface area contributed by atoms with Crippen LogP contribution in [-0.2, 0) is 0 Å². The summed E-state index contributed by atoms with van der Waals surface area (Å²) < 4.78 is 483. The number of nitrogens with zero attached hydrogens (tertiary/aromatic N) is 4. The Morgan fingerprint density at radius 3 is 0.402 bits per heavy atom. The first-order chi connectivity index (χ1) is 53.1. The predicted octanol–water partition coefficient (Wildman–Crippen LogP) is 23.4. The Morgan fingerprint density at radius 1 is 0.143 bits per heavy atom. The van der Waals surface area contributed by atoms with Crippen molar-refractivity contribution in [2.45, 2.75) is 0 Å². The molecule has 0 saturated carbocycles. The van der Waals surface area contributed by atoms with Crippen molar-refractivity contribution < 1.29 is 132 Å². The van der Waals surface area contributed by atoms with Gasteiger partial charge in [0.15, 0.2) is 140 Å². The minimum absolute atomic E-state index is 0.507. The monoisotopic (exact) mass is 1590 g/mol. The second-order valence-electron chi connectivity index (χ2n) is 24.7. The van der Waals surface area contributed by atoms with Crippen molar-refractivity contribution in [1.82, 2.24) is 39.9 Å². The molecule has 16 bridgehead atoms. The molecule has 17 aromatic rings. The minimum atomic E-state index is -2.88. The summed E-state index contributed by atoms with van der Waals surface area (Å²) in [6, 6.07) is 6.45. The quantitative estimate of drug-likeness (QED) is 0.0754. The molecule has 0 saturated heterocycles. The molecule has 0 aliphatic rings. The molecule has 0 aliphatic heterocycles. The van der Waals surface area contributed by atoms with Crippen molar-refractivity contribution in [2.75, 3.05) is 0 Å². The van der Waals surface area contributed by atoms with Crippen LogP contribution < -0.4 is 0 Å². The molecule has 112 heavy (non-hydrogen) atoms. The molecule has 38 heteroatoms. The number of hydrogen-bond acceptors (Lipinski definition) is 4. The molecule has 0 radical (unpaired) electrons. The number of fused-ring (bicyclic) bond motifs is 14. The van der Waals surface area contributed by atoms with E-state index < -0.39 is 351 Å². The highest BCUT2D eigenvalue weighted by Gasteiger charge is 2.38. The summed E-state index contributed by atoms with van der Waals surface area (Å²) >= 11 is 0. The highest BCUT2D eigenvalue weighted by Crippen LogP contribution is 2.50. The van der Waals surface area contributed by atoms with E-state index in [-0.39, 0.29) is 0 Å². The number of rotatable bonds is 6. The number of aromatic nitrogens is 8. The molecule has 562 valence electrons. The second kappa shape index (κ2) is 24.6. The molecular formula is C74H16F30N8. The van der Waals surface area contributed by atoms with E-state index in [1.54, 1.807) is 0 Å². The highest BCUT2D eigenvalue weighted by atomic mass is 19.2. The van der Waals surface area contributed by atoms with E-state index in [9.17, 15) is 8.78 Å². The summed E-state index contributed by atoms with van der Waals surface area (Å²) in [5.74, 6) is -83.8. The van der Waals surface area contributed by atoms with Crippen molar-refractivity contribution in [1.29, 1.82) is 0 Å². The molecule has 8 nitrogen and oxygen atoms in total. The number of benzene rings is 6. The van der Waals surface area contributed by atoms with Crippen molar-refractivity contribution in [2.24, 2.45) is 0 Å². The van der Waals surface area contributed by atoms with Crippen molar-refractivity contribution in [3.63, 3.8) is 0 Å². The first-order valence-corrected chi connectivity index (χ1v) is 30.9. The lowest BCUT2D eigenvalue weighted by molar-refractivity contribution is 0.381. The third-order valence-electron chi connectivity index (χ3n) is 18.8. The van der Waals surface area contributed by atoms with Gasteiger partial charge in [0.1, 0.15) is 0 Å². The molecular weight excluding hydrogens is 1570 g/mol. The predicted molar refractivity (Wildman–Crippen MR) is 339 cm³/mol. The van der Waals surface area contributed by atoms with Gasteiger partial charge in [-0.25, -0.2) is 152 Å². The Labute approximate surface area is 593 Å². The van der Waals surface area contributed by atoms with Crippen LogP contribution in [-0.4, -0.2) is 39.9 Å². The largest absolute Gasteiger partial charge is 0.354 e. The zero-order valence-electron chi connectivity index (χ0n) is 53.1. The van der Waals surface area contributed by atoms with Gasteiger partial charge < -0.3 is 19.9 Å². The average molecular weight is 1590 g/mol. The van der Waals surface area contributed by atoms with Gasteiger partial charge >= 0.3 is 0 Å². The average Bonchev–Trinajstić information content (AvgIpc) is 1.55. The van der Waals surface area contributed by atoms with E-state index in [0.717, 1.165) is 0 Å². The highest BCUT2D eigenvalue weighted by molar-refractivity contribution is 6.28. The van der Waals surface area contributed by atoms with Gasteiger partial charge in [0, 0.05) is 99.1 Å². The van der Waals surface area contributed by atoms with Crippen LogP contribution in [0.3, 0.4) is 0 Å². The molecule has 0 spiro atoms. The van der Waals surface area contributed by atoms with Gasteiger partial charge in [-0.1, -0.05) is 0 Å². The SMILES string of the molecule is Fc1c(F)c(F)c(-c2c3cc4c5cc6nc5c5nc(cc5c5cc(nc5c4n3)c(-c3c(F)c(F)c(F)c(F)c3F)c3ccc([nH]3)c(-c3c(F)c(F)c(F)c(F)c3F)c3ccc2[nH]3)c(-c2c(F)c(F)c(F)c(F)c2F)c2ccc([nH]2)c(-c2c(F)c(F)c(F)c(F)c2F)c2ccc([nH]2)c6-c2c(F)c(F)c(F)c(F)c2F)c(F)c1F. The maximum Gasteiger partial charge on any atom is 0.200 e. The normalized spacial score (nSPS) is 12.2. The van der Waals surface area contributed by atoms with E-state index in [1.165, 1.54) is 0 Å². The molecule has 0 fully saturated rings. The molecule has 0 atom stereocenters. The van der Waals surface area contributed by atoms with Crippen LogP contribution in [0.5, 0.6) is 0 Å². The Hall–Kier alpha value is -13.3. The molecule has 7 aromatic carbocycles. The van der Waals surface area contributed by atoms with Crippen LogP contribution in [0.25, 0.3) is 177 Å². The fraction of sp³-hybridized carbons (Fsp3) is 0. The summed E-state index contributed by atoms with van der Waals surface area (Å²) in [5.41, 5.74) is -39.1. The first kappa shape index (κ1) is 71.6. The van der Waals surface area contributed by atoms with Gasteiger partial charge in [0.2, 0.25) is 34.9 Å². The zero-order valence-corrected chi connectivity index (χ0v) is 53.1. The number of hydrogen-bond donors (Lipinski definition) is 4. The lowest BCUT2D eigenvalue weighted by Gasteiger charge is -2.10.